The maximum atomic E-state index is 12.3. The van der Waals surface area contributed by atoms with Crippen molar-refractivity contribution >= 4 is 16.1 Å². The maximum absolute atomic E-state index is 12.3. The van der Waals surface area contributed by atoms with Gasteiger partial charge in [-0.1, -0.05) is 13.0 Å². The SMILES string of the molecule is CCN(C)S(=O)(=O)NC(=O)c1cccc(-c2cnn(-c3cncnc3)c2)n1. The molecule has 0 bridgehead atoms. The van der Waals surface area contributed by atoms with Crippen LogP contribution in [-0.4, -0.2) is 57.0 Å². The third-order valence-corrected chi connectivity index (χ3v) is 5.27. The van der Waals surface area contributed by atoms with E-state index in [2.05, 4.69) is 20.1 Å². The summed E-state index contributed by atoms with van der Waals surface area (Å²) in [5, 5.41) is 4.22. The van der Waals surface area contributed by atoms with Gasteiger partial charge in [-0.05, 0) is 12.1 Å². The Hall–Kier alpha value is -3.18. The Labute approximate surface area is 156 Å². The van der Waals surface area contributed by atoms with E-state index in [0.29, 0.717) is 16.9 Å². The molecule has 0 atom stereocenters. The molecule has 1 N–H and O–H groups in total. The summed E-state index contributed by atoms with van der Waals surface area (Å²) in [6.45, 7) is 1.90. The number of amides is 1. The number of rotatable bonds is 6. The monoisotopic (exact) mass is 387 g/mol. The second-order valence-electron chi connectivity index (χ2n) is 5.53. The lowest BCUT2D eigenvalue weighted by Gasteiger charge is -2.15. The first kappa shape index (κ1) is 18.6. The van der Waals surface area contributed by atoms with E-state index < -0.39 is 16.1 Å². The highest BCUT2D eigenvalue weighted by molar-refractivity contribution is 7.87. The summed E-state index contributed by atoms with van der Waals surface area (Å²) in [6, 6.07) is 4.76. The molecule has 11 heteroatoms. The summed E-state index contributed by atoms with van der Waals surface area (Å²) in [4.78, 5) is 24.4. The molecular formula is C16H17N7O3S. The lowest BCUT2D eigenvalue weighted by molar-refractivity contribution is 0.0974. The third kappa shape index (κ3) is 4.15. The molecule has 27 heavy (non-hydrogen) atoms. The fourth-order valence-corrected chi connectivity index (χ4v) is 2.98. The molecule has 0 saturated heterocycles. The molecule has 0 radical (unpaired) electrons. The van der Waals surface area contributed by atoms with Crippen LogP contribution >= 0.6 is 0 Å². The van der Waals surface area contributed by atoms with Gasteiger partial charge in [-0.2, -0.15) is 17.8 Å². The van der Waals surface area contributed by atoms with Crippen molar-refractivity contribution in [2.75, 3.05) is 13.6 Å². The van der Waals surface area contributed by atoms with Crippen LogP contribution < -0.4 is 4.72 Å². The molecule has 3 heterocycles. The smallest absolute Gasteiger partial charge is 0.266 e. The average Bonchev–Trinajstić information content (AvgIpc) is 3.18. The highest BCUT2D eigenvalue weighted by atomic mass is 32.2. The Bertz CT molecular complexity index is 1050. The first-order chi connectivity index (χ1) is 12.9. The van der Waals surface area contributed by atoms with Crippen molar-refractivity contribution < 1.29 is 13.2 Å². The van der Waals surface area contributed by atoms with Gasteiger partial charge >= 0.3 is 10.2 Å². The number of pyridine rings is 1. The minimum Gasteiger partial charge on any atom is -0.266 e. The molecule has 3 aromatic heterocycles. The number of carbonyl (C=O) groups excluding carboxylic acids is 1. The molecule has 0 aliphatic carbocycles. The van der Waals surface area contributed by atoms with Gasteiger partial charge in [0.25, 0.3) is 5.91 Å². The van der Waals surface area contributed by atoms with Crippen molar-refractivity contribution in [3.63, 3.8) is 0 Å². The van der Waals surface area contributed by atoms with Gasteiger partial charge in [-0.3, -0.25) is 4.79 Å². The van der Waals surface area contributed by atoms with Crippen molar-refractivity contribution in [2.45, 2.75) is 6.92 Å². The van der Waals surface area contributed by atoms with Crippen molar-refractivity contribution in [3.8, 4) is 16.9 Å². The Kier molecular flexibility index (Phi) is 5.23. The van der Waals surface area contributed by atoms with Gasteiger partial charge in [0.1, 0.15) is 17.7 Å². The van der Waals surface area contributed by atoms with E-state index in [1.54, 1.807) is 48.5 Å². The van der Waals surface area contributed by atoms with Crippen LogP contribution in [0.4, 0.5) is 0 Å². The average molecular weight is 387 g/mol. The quantitative estimate of drug-likeness (QED) is 0.659. The Morgan fingerprint density at radius 2 is 1.96 bits per heavy atom. The molecule has 0 spiro atoms. The van der Waals surface area contributed by atoms with E-state index in [4.69, 9.17) is 0 Å². The van der Waals surface area contributed by atoms with E-state index in [1.807, 2.05) is 4.72 Å². The largest absolute Gasteiger partial charge is 0.303 e. The molecule has 0 fully saturated rings. The second kappa shape index (κ2) is 7.60. The molecule has 3 rings (SSSR count). The van der Waals surface area contributed by atoms with Crippen LogP contribution in [0, 0.1) is 0 Å². The van der Waals surface area contributed by atoms with E-state index in [1.165, 1.54) is 19.4 Å². The zero-order valence-corrected chi connectivity index (χ0v) is 15.5. The predicted octanol–water partition coefficient (Wildman–Crippen LogP) is 0.651. The van der Waals surface area contributed by atoms with Gasteiger partial charge in [0, 0.05) is 25.4 Å². The van der Waals surface area contributed by atoms with Crippen LogP contribution in [0.2, 0.25) is 0 Å². The van der Waals surface area contributed by atoms with Crippen LogP contribution in [0.3, 0.4) is 0 Å². The third-order valence-electron chi connectivity index (χ3n) is 3.75. The molecule has 1 amide bonds. The van der Waals surface area contributed by atoms with Crippen LogP contribution in [0.1, 0.15) is 17.4 Å². The minimum absolute atomic E-state index is 0.0172. The van der Waals surface area contributed by atoms with Gasteiger partial charge in [0.2, 0.25) is 0 Å². The summed E-state index contributed by atoms with van der Waals surface area (Å²) in [6.07, 6.45) is 7.93. The normalized spacial score (nSPS) is 11.5. The predicted molar refractivity (Wildman–Crippen MR) is 97.1 cm³/mol. The summed E-state index contributed by atoms with van der Waals surface area (Å²) in [5.41, 5.74) is 1.79. The molecular weight excluding hydrogens is 370 g/mol. The summed E-state index contributed by atoms with van der Waals surface area (Å²) >= 11 is 0. The van der Waals surface area contributed by atoms with E-state index in [-0.39, 0.29) is 12.2 Å². The highest BCUT2D eigenvalue weighted by Gasteiger charge is 2.21. The molecule has 10 nitrogen and oxygen atoms in total. The number of nitrogens with one attached hydrogen (secondary N) is 1. The van der Waals surface area contributed by atoms with Crippen LogP contribution in [0.5, 0.6) is 0 Å². The Balaban J connectivity index is 1.84. The first-order valence-corrected chi connectivity index (χ1v) is 9.40. The van der Waals surface area contributed by atoms with Gasteiger partial charge < -0.3 is 0 Å². The zero-order valence-electron chi connectivity index (χ0n) is 14.6. The molecule has 140 valence electrons. The molecule has 0 unspecified atom stereocenters. The summed E-state index contributed by atoms with van der Waals surface area (Å²) in [5.74, 6) is -0.805. The number of hydrogen-bond acceptors (Lipinski definition) is 7. The molecule has 0 aromatic carbocycles. The van der Waals surface area contributed by atoms with Crippen molar-refractivity contribution in [1.82, 2.24) is 33.8 Å². The summed E-state index contributed by atoms with van der Waals surface area (Å²) < 4.78 is 28.6. The maximum Gasteiger partial charge on any atom is 0.303 e. The highest BCUT2D eigenvalue weighted by Crippen LogP contribution is 2.18. The van der Waals surface area contributed by atoms with Crippen molar-refractivity contribution in [1.29, 1.82) is 0 Å². The number of carbonyl (C=O) groups is 1. The van der Waals surface area contributed by atoms with E-state index in [9.17, 15) is 13.2 Å². The Morgan fingerprint density at radius 3 is 2.67 bits per heavy atom. The second-order valence-corrected chi connectivity index (χ2v) is 7.31. The molecule has 0 aliphatic heterocycles. The van der Waals surface area contributed by atoms with E-state index >= 15 is 0 Å². The van der Waals surface area contributed by atoms with Gasteiger partial charge in [0.05, 0.1) is 24.3 Å². The lowest BCUT2D eigenvalue weighted by atomic mass is 10.2. The number of nitrogens with zero attached hydrogens (tertiary/aromatic N) is 6. The number of hydrogen-bond donors (Lipinski definition) is 1. The van der Waals surface area contributed by atoms with Crippen molar-refractivity contribution in [3.05, 3.63) is 55.0 Å². The van der Waals surface area contributed by atoms with Crippen LogP contribution in [0.25, 0.3) is 16.9 Å². The van der Waals surface area contributed by atoms with Crippen molar-refractivity contribution in [2.24, 2.45) is 0 Å². The minimum atomic E-state index is -3.90. The first-order valence-electron chi connectivity index (χ1n) is 7.96. The lowest BCUT2D eigenvalue weighted by Crippen LogP contribution is -2.41. The van der Waals surface area contributed by atoms with Gasteiger partial charge in [0.15, 0.2) is 0 Å². The number of aromatic nitrogens is 5. The topological polar surface area (TPSA) is 123 Å². The van der Waals surface area contributed by atoms with E-state index in [0.717, 1.165) is 4.31 Å². The molecule has 0 aliphatic rings. The zero-order chi connectivity index (χ0) is 19.4. The van der Waals surface area contributed by atoms with Gasteiger partial charge in [-0.25, -0.2) is 24.4 Å². The molecule has 3 aromatic rings. The Morgan fingerprint density at radius 1 is 1.22 bits per heavy atom. The van der Waals surface area contributed by atoms with Crippen LogP contribution in [-0.2, 0) is 10.2 Å². The van der Waals surface area contributed by atoms with Crippen LogP contribution in [0.15, 0.2) is 49.3 Å². The fraction of sp³-hybridized carbons (Fsp3) is 0.188. The standard InChI is InChI=1S/C16H17N7O3S/c1-3-22(2)27(25,26)21-16(24)15-6-4-5-14(20-15)12-7-19-23(10-12)13-8-17-11-18-9-13/h4-11H,3H2,1-2H3,(H,21,24). The van der Waals surface area contributed by atoms with Gasteiger partial charge in [-0.15, -0.1) is 0 Å². The fourth-order valence-electron chi connectivity index (χ4n) is 2.15. The summed E-state index contributed by atoms with van der Waals surface area (Å²) in [7, 11) is -2.53. The molecule has 0 saturated carbocycles.